The predicted octanol–water partition coefficient (Wildman–Crippen LogP) is 33.5. The van der Waals surface area contributed by atoms with Crippen molar-refractivity contribution >= 4 is 21.5 Å². The highest BCUT2D eigenvalue weighted by Crippen LogP contribution is 2.75. The Morgan fingerprint density at radius 3 is 1.02 bits per heavy atom. The Hall–Kier alpha value is -7.10. The first-order chi connectivity index (χ1) is 62.9. The fourth-order valence-electron chi connectivity index (χ4n) is 34.3. The van der Waals surface area contributed by atoms with E-state index in [0.717, 1.165) is 207 Å². The van der Waals surface area contributed by atoms with E-state index >= 15 is 0 Å². The highest BCUT2D eigenvalue weighted by Gasteiger charge is 2.67. The molecule has 28 rings (SSSR count). The zero-order valence-corrected chi connectivity index (χ0v) is 81.6. The van der Waals surface area contributed by atoms with Crippen LogP contribution in [0.1, 0.15) is 252 Å². The molecule has 37 unspecified atom stereocenters. The molecule has 37 atom stereocenters. The lowest BCUT2D eigenvalue weighted by atomic mass is 9.61. The Kier molecular flexibility index (Phi) is 31.3. The van der Waals surface area contributed by atoms with Gasteiger partial charge in [0.1, 0.15) is 6.10 Å². The van der Waals surface area contributed by atoms with Gasteiger partial charge in [0.2, 0.25) is 0 Å². The second-order valence-electron chi connectivity index (χ2n) is 41.0. The van der Waals surface area contributed by atoms with Crippen molar-refractivity contribution in [2.75, 3.05) is 7.11 Å². The average molecular weight is 1700 g/mol. The van der Waals surface area contributed by atoms with Crippen molar-refractivity contribution < 1.29 is 9.78 Å². The van der Waals surface area contributed by atoms with Crippen LogP contribution in [0, 0.1) is 201 Å². The zero-order chi connectivity index (χ0) is 88.7. The largest absolute Gasteiger partial charge is 0.239 e. The third-order valence-corrected chi connectivity index (χ3v) is 37.1. The maximum absolute atomic E-state index is 5.78. The normalized spacial score (nSPS) is 39.4. The number of hydrogen-bond donors (Lipinski definition) is 0. The van der Waals surface area contributed by atoms with Gasteiger partial charge in [-0.15, -0.1) is 0 Å². The van der Waals surface area contributed by atoms with Crippen LogP contribution in [0.4, 0.5) is 0 Å². The van der Waals surface area contributed by atoms with E-state index in [1.165, 1.54) is 117 Å². The lowest BCUT2D eigenvalue weighted by molar-refractivity contribution is -0.322. The summed E-state index contributed by atoms with van der Waals surface area (Å²) in [5.41, 5.74) is 9.17. The molecule has 20 bridgehead atoms. The standard InChI is InChI=1S/C24H24.2C23H24.C20H24O2.C19H22.8C2H6/c1-3-7-15(8-4-1)21-19-14-20(22(21)16-9-5-2-6-10-16)24-18-12-11-17(13-18)23(19)24;1-2-7-20-14(4-1)5-3-6-15(20)10-18-12-19-13-21(18)23-17-9-8-16(11-17)22(19)23;1-2-4-16-9-14(5-6-15(16)3-1)10-19-12-20-13-21(19)23-18-8-7-17(11-18)22(20)23;1-21-22-20(12-5-3-2-4-6-12)17-11-15-10-16(17)19-14-8-7-13(9-14)18(15)19;1-2-4-12(5-3-1)8-15-10-16-11-17(15)19-14-7-6-13(9-14)18(16)19;8*1-2/h1-12,17-24H,13-14H2;1-9,16-19,21-23H,10-13H2;1-9,17-23H,10-13H2;2-8,13-20H,9-11H2,1H3;1-7,13-19H,8-11H2;8*1-2H3. The van der Waals surface area contributed by atoms with Crippen LogP contribution in [0.15, 0.2) is 267 Å². The molecule has 20 aliphatic carbocycles. The molecule has 127 heavy (non-hydrogen) atoms. The van der Waals surface area contributed by atoms with Gasteiger partial charge in [0.05, 0.1) is 7.11 Å². The van der Waals surface area contributed by atoms with Gasteiger partial charge >= 0.3 is 0 Å². The minimum absolute atomic E-state index is 0.102. The van der Waals surface area contributed by atoms with Crippen LogP contribution in [-0.4, -0.2) is 7.11 Å². The Bertz CT molecular complexity index is 4820. The molecule has 2 heteroatoms. The molecule has 0 radical (unpaired) electrons. The molecule has 2 nitrogen and oxygen atoms in total. The summed E-state index contributed by atoms with van der Waals surface area (Å²) in [5.74, 6) is 34.3. The van der Waals surface area contributed by atoms with Gasteiger partial charge in [-0.1, -0.05) is 378 Å². The van der Waals surface area contributed by atoms with Gasteiger partial charge in [-0.3, -0.25) is 0 Å². The number of allylic oxidation sites excluding steroid dienone is 10. The molecule has 8 aromatic rings. The highest BCUT2D eigenvalue weighted by molar-refractivity contribution is 5.86. The summed E-state index contributed by atoms with van der Waals surface area (Å²) in [6.07, 6.45) is 50.3. The quantitative estimate of drug-likeness (QED) is 0.0525. The van der Waals surface area contributed by atoms with E-state index in [9.17, 15) is 0 Å². The fourth-order valence-corrected chi connectivity index (χ4v) is 34.3. The van der Waals surface area contributed by atoms with E-state index < -0.39 is 0 Å². The van der Waals surface area contributed by atoms with Crippen LogP contribution in [0.25, 0.3) is 21.5 Å². The molecule has 15 fully saturated rings. The Balaban J connectivity index is 0.000000112. The third-order valence-electron chi connectivity index (χ3n) is 37.1. The van der Waals surface area contributed by atoms with Crippen molar-refractivity contribution in [1.29, 1.82) is 0 Å². The van der Waals surface area contributed by atoms with Crippen molar-refractivity contribution in [3.63, 3.8) is 0 Å². The molecule has 0 amide bonds. The molecular weight excluding hydrogens is 1530 g/mol. The first-order valence-electron chi connectivity index (χ1n) is 53.7. The second-order valence-corrected chi connectivity index (χ2v) is 41.0. The molecule has 678 valence electrons. The molecule has 0 saturated heterocycles. The van der Waals surface area contributed by atoms with Crippen LogP contribution >= 0.6 is 0 Å². The van der Waals surface area contributed by atoms with Gasteiger partial charge < -0.3 is 0 Å². The van der Waals surface area contributed by atoms with E-state index in [4.69, 9.17) is 9.78 Å². The molecule has 20 aliphatic rings. The molecule has 0 N–H and O–H groups in total. The van der Waals surface area contributed by atoms with Crippen LogP contribution in [0.2, 0.25) is 0 Å². The van der Waals surface area contributed by atoms with E-state index in [2.05, 4.69) is 267 Å². The first-order valence-corrected chi connectivity index (χ1v) is 53.7. The predicted molar refractivity (Wildman–Crippen MR) is 541 cm³/mol. The molecule has 8 aromatic carbocycles. The van der Waals surface area contributed by atoms with E-state index in [-0.39, 0.29) is 6.10 Å². The van der Waals surface area contributed by atoms with Gasteiger partial charge in [-0.2, -0.15) is 0 Å². The minimum Gasteiger partial charge on any atom is -0.239 e. The van der Waals surface area contributed by atoms with E-state index in [0.29, 0.717) is 5.92 Å². The number of fused-ring (bicyclic) bond motifs is 47. The van der Waals surface area contributed by atoms with Crippen LogP contribution < -0.4 is 0 Å². The van der Waals surface area contributed by atoms with Crippen LogP contribution in [0.5, 0.6) is 0 Å². The summed E-state index contributed by atoms with van der Waals surface area (Å²) in [4.78, 5) is 10.9. The first kappa shape index (κ1) is 93.1. The Labute approximate surface area is 772 Å². The Morgan fingerprint density at radius 1 is 0.252 bits per heavy atom. The highest BCUT2D eigenvalue weighted by atomic mass is 17.2. The van der Waals surface area contributed by atoms with Crippen molar-refractivity contribution in [2.45, 2.75) is 238 Å². The minimum atomic E-state index is 0.102. The maximum atomic E-state index is 5.78. The average Bonchev–Trinajstić information content (AvgIpc) is 1.52. The lowest BCUT2D eigenvalue weighted by Gasteiger charge is -2.42. The number of benzene rings is 8. The molecule has 0 aliphatic heterocycles. The van der Waals surface area contributed by atoms with Gasteiger partial charge in [0.25, 0.3) is 0 Å². The van der Waals surface area contributed by atoms with Crippen molar-refractivity contribution in [1.82, 2.24) is 0 Å². The van der Waals surface area contributed by atoms with Crippen LogP contribution in [-0.2, 0) is 29.0 Å². The van der Waals surface area contributed by atoms with Crippen molar-refractivity contribution in [3.05, 3.63) is 300 Å². The summed E-state index contributed by atoms with van der Waals surface area (Å²) in [5, 5.41) is 5.69. The summed E-state index contributed by atoms with van der Waals surface area (Å²) >= 11 is 0. The van der Waals surface area contributed by atoms with Gasteiger partial charge in [-0.25, -0.2) is 9.78 Å². The van der Waals surface area contributed by atoms with Crippen molar-refractivity contribution in [2.24, 2.45) is 201 Å². The third kappa shape index (κ3) is 17.4. The molecule has 0 spiro atoms. The van der Waals surface area contributed by atoms with Crippen molar-refractivity contribution in [3.8, 4) is 0 Å². The fraction of sp³-hybridized carbons (Fsp3) is 0.568. The second kappa shape index (κ2) is 42.6. The topological polar surface area (TPSA) is 18.5 Å². The van der Waals surface area contributed by atoms with E-state index in [1.54, 1.807) is 54.2 Å². The van der Waals surface area contributed by atoms with Gasteiger partial charge in [0.15, 0.2) is 0 Å². The SMILES string of the molecule is C1=CC2CC1C1C3CC(C(c4ccccc4)C3c3ccccc3)C21.C1=CC2CC1C1C3CC(Cc4ccc5ccccc5c4)C(C3)C21.C1=CC2CC1C1C3CC(Cc4cccc5ccccc45)C(C3)C21.C1=CC2CC1C1C3CC(Cc4ccccc4)C(C3)C21.CC.CC.CC.CC.CC.CC.CC.CC.COOC(c1ccccc1)C1CC2CC1C1C3C=CC(C3)C21. The summed E-state index contributed by atoms with van der Waals surface area (Å²) in [7, 11) is 1.65. The van der Waals surface area contributed by atoms with Gasteiger partial charge in [0, 0.05) is 0 Å². The lowest BCUT2D eigenvalue weighted by Crippen LogP contribution is -2.34. The monoisotopic (exact) mass is 1700 g/mol. The zero-order valence-electron chi connectivity index (χ0n) is 81.6. The summed E-state index contributed by atoms with van der Waals surface area (Å²) < 4.78 is 0. The molecular formula is C125H166O2. The van der Waals surface area contributed by atoms with Crippen LogP contribution in [0.3, 0.4) is 0 Å². The maximum Gasteiger partial charge on any atom is 0.121 e. The summed E-state index contributed by atoms with van der Waals surface area (Å²) in [6.45, 7) is 32.0. The number of rotatable bonds is 12. The molecule has 0 heterocycles. The summed E-state index contributed by atoms with van der Waals surface area (Å²) in [6, 6.07) is 76.5. The van der Waals surface area contributed by atoms with Gasteiger partial charge in [-0.05, 0) is 377 Å². The number of hydrogen-bond acceptors (Lipinski definition) is 2. The molecule has 0 aromatic heterocycles. The Morgan fingerprint density at radius 2 is 0.583 bits per heavy atom. The van der Waals surface area contributed by atoms with E-state index in [1.807, 2.05) is 111 Å². The molecule has 15 saturated carbocycles. The smallest absolute Gasteiger partial charge is 0.121 e.